The highest BCUT2D eigenvalue weighted by Crippen LogP contribution is 2.43. The number of nitrogens with zero attached hydrogens (tertiary/aromatic N) is 7. The number of nitrogen functional groups attached to an aromatic ring is 1. The van der Waals surface area contributed by atoms with Crippen molar-refractivity contribution < 1.29 is 9.53 Å². The Kier molecular flexibility index (Phi) is 6.28. The summed E-state index contributed by atoms with van der Waals surface area (Å²) >= 11 is 6.58. The van der Waals surface area contributed by atoms with Crippen molar-refractivity contribution in [3.8, 4) is 22.9 Å². The third-order valence-corrected chi connectivity index (χ3v) is 6.06. The van der Waals surface area contributed by atoms with Crippen LogP contribution in [0.1, 0.15) is 40.3 Å². The van der Waals surface area contributed by atoms with Crippen LogP contribution in [0.4, 0.5) is 5.82 Å². The number of methoxy groups -OCH3 is 1. The smallest absolute Gasteiger partial charge is 0.271 e. The van der Waals surface area contributed by atoms with Crippen molar-refractivity contribution >= 4 is 34.4 Å². The van der Waals surface area contributed by atoms with Crippen molar-refractivity contribution in [2.75, 3.05) is 26.9 Å². The third kappa shape index (κ3) is 4.00. The van der Waals surface area contributed by atoms with Crippen LogP contribution in [0.3, 0.4) is 0 Å². The van der Waals surface area contributed by atoms with E-state index in [1.54, 1.807) is 37.0 Å². The van der Waals surface area contributed by atoms with Gasteiger partial charge in [-0.1, -0.05) is 17.7 Å². The summed E-state index contributed by atoms with van der Waals surface area (Å²) in [7, 11) is 4.82. The second-order valence-corrected chi connectivity index (χ2v) is 8.55. The summed E-state index contributed by atoms with van der Waals surface area (Å²) in [5, 5.41) is 15.5. The van der Waals surface area contributed by atoms with Crippen LogP contribution in [-0.2, 0) is 0 Å². The average molecular weight is 491 g/mol. The molecule has 178 valence electrons. The monoisotopic (exact) mass is 490 g/mol. The van der Waals surface area contributed by atoms with Gasteiger partial charge in [0.05, 0.1) is 34.8 Å². The summed E-state index contributed by atoms with van der Waals surface area (Å²) in [4.78, 5) is 26.4. The van der Waals surface area contributed by atoms with Gasteiger partial charge in [-0.3, -0.25) is 9.78 Å². The molecule has 0 bridgehead atoms. The zero-order chi connectivity index (χ0) is 25.4. The van der Waals surface area contributed by atoms with Crippen molar-refractivity contribution in [2.45, 2.75) is 19.9 Å². The number of aryl methyl sites for hydroxylation is 1. The van der Waals surface area contributed by atoms with Gasteiger partial charge in [-0.25, -0.2) is 14.6 Å². The minimum Gasteiger partial charge on any atom is -0.496 e. The Morgan fingerprint density at radius 3 is 2.63 bits per heavy atom. The lowest BCUT2D eigenvalue weighted by Crippen LogP contribution is -2.22. The Labute approximate surface area is 206 Å². The van der Waals surface area contributed by atoms with Crippen LogP contribution >= 0.6 is 11.6 Å². The zero-order valence-corrected chi connectivity index (χ0v) is 20.6. The van der Waals surface area contributed by atoms with Gasteiger partial charge in [0.15, 0.2) is 5.65 Å². The number of halogens is 1. The highest BCUT2D eigenvalue weighted by Gasteiger charge is 2.26. The lowest BCUT2D eigenvalue weighted by Gasteiger charge is -2.21. The number of aromatic nitrogens is 5. The molecule has 35 heavy (non-hydrogen) atoms. The SMILES string of the molecule is COc1c(C(C)n2nc(C)c3c(N)ncnc32)cc(Cl)c(C#N)c1-c1ccc(C(=O)N(C)C)nc1. The summed E-state index contributed by atoms with van der Waals surface area (Å²) in [6.07, 6.45) is 2.92. The van der Waals surface area contributed by atoms with E-state index in [0.29, 0.717) is 45.0 Å². The van der Waals surface area contributed by atoms with E-state index >= 15 is 0 Å². The molecule has 4 aromatic rings. The molecule has 0 fully saturated rings. The first-order valence-corrected chi connectivity index (χ1v) is 11.0. The van der Waals surface area contributed by atoms with E-state index in [1.165, 1.54) is 24.5 Å². The van der Waals surface area contributed by atoms with Crippen molar-refractivity contribution in [3.63, 3.8) is 0 Å². The Bertz CT molecular complexity index is 1490. The van der Waals surface area contributed by atoms with Crippen LogP contribution in [0.5, 0.6) is 5.75 Å². The number of carbonyl (C=O) groups is 1. The molecule has 1 aromatic carbocycles. The van der Waals surface area contributed by atoms with E-state index in [9.17, 15) is 10.1 Å². The Hall–Kier alpha value is -4.23. The molecule has 1 unspecified atom stereocenters. The van der Waals surface area contributed by atoms with Crippen LogP contribution in [0.2, 0.25) is 5.02 Å². The molecule has 0 saturated heterocycles. The fourth-order valence-electron chi connectivity index (χ4n) is 4.03. The van der Waals surface area contributed by atoms with Crippen LogP contribution < -0.4 is 10.5 Å². The number of carbonyl (C=O) groups excluding carboxylic acids is 1. The molecular weight excluding hydrogens is 468 g/mol. The summed E-state index contributed by atoms with van der Waals surface area (Å²) in [5.74, 6) is 0.553. The van der Waals surface area contributed by atoms with E-state index in [2.05, 4.69) is 26.1 Å². The van der Waals surface area contributed by atoms with Gasteiger partial charge < -0.3 is 15.4 Å². The molecule has 3 heterocycles. The van der Waals surface area contributed by atoms with E-state index < -0.39 is 0 Å². The molecular formula is C24H23ClN8O2. The van der Waals surface area contributed by atoms with Crippen molar-refractivity contribution in [1.82, 2.24) is 29.6 Å². The maximum absolute atomic E-state index is 12.3. The minimum absolute atomic E-state index is 0.230. The quantitative estimate of drug-likeness (QED) is 0.448. The lowest BCUT2D eigenvalue weighted by atomic mass is 9.94. The van der Waals surface area contributed by atoms with Crippen LogP contribution in [-0.4, -0.2) is 56.7 Å². The topological polar surface area (TPSA) is 136 Å². The molecule has 0 aliphatic carbocycles. The number of nitriles is 1. The highest BCUT2D eigenvalue weighted by atomic mass is 35.5. The molecule has 0 radical (unpaired) electrons. The number of benzene rings is 1. The Balaban J connectivity index is 1.92. The third-order valence-electron chi connectivity index (χ3n) is 5.76. The fraction of sp³-hybridized carbons (Fsp3) is 0.250. The second kappa shape index (κ2) is 9.19. The first-order valence-electron chi connectivity index (χ1n) is 10.6. The molecule has 4 rings (SSSR count). The normalized spacial score (nSPS) is 11.8. The number of anilines is 1. The Morgan fingerprint density at radius 2 is 2.03 bits per heavy atom. The highest BCUT2D eigenvalue weighted by molar-refractivity contribution is 6.32. The van der Waals surface area contributed by atoms with Gasteiger partial charge in [-0.15, -0.1) is 0 Å². The van der Waals surface area contributed by atoms with Gasteiger partial charge >= 0.3 is 0 Å². The van der Waals surface area contributed by atoms with Gasteiger partial charge in [0.1, 0.15) is 29.7 Å². The molecule has 0 saturated carbocycles. The summed E-state index contributed by atoms with van der Waals surface area (Å²) in [6, 6.07) is 6.79. The number of hydrogen-bond donors (Lipinski definition) is 1. The number of ether oxygens (including phenoxy) is 1. The van der Waals surface area contributed by atoms with Crippen LogP contribution in [0.25, 0.3) is 22.2 Å². The maximum atomic E-state index is 12.3. The summed E-state index contributed by atoms with van der Waals surface area (Å²) < 4.78 is 7.54. The van der Waals surface area contributed by atoms with Crippen molar-refractivity contribution in [3.05, 3.63) is 58.3 Å². The molecule has 1 atom stereocenters. The number of rotatable bonds is 5. The molecule has 11 heteroatoms. The number of pyridine rings is 1. The van der Waals surface area contributed by atoms with Gasteiger partial charge in [0.25, 0.3) is 5.91 Å². The Morgan fingerprint density at radius 1 is 1.29 bits per heavy atom. The summed E-state index contributed by atoms with van der Waals surface area (Å²) in [6.45, 7) is 3.76. The largest absolute Gasteiger partial charge is 0.496 e. The van der Waals surface area contributed by atoms with Crippen molar-refractivity contribution in [1.29, 1.82) is 5.26 Å². The number of nitrogens with two attached hydrogens (primary N) is 1. The van der Waals surface area contributed by atoms with Gasteiger partial charge in [-0.05, 0) is 26.0 Å². The zero-order valence-electron chi connectivity index (χ0n) is 19.9. The van der Waals surface area contributed by atoms with Gasteiger partial charge in [-0.2, -0.15) is 10.4 Å². The van der Waals surface area contributed by atoms with E-state index in [0.717, 1.165) is 0 Å². The second-order valence-electron chi connectivity index (χ2n) is 8.14. The van der Waals surface area contributed by atoms with Crippen molar-refractivity contribution in [2.24, 2.45) is 0 Å². The first kappa shape index (κ1) is 23.9. The van der Waals surface area contributed by atoms with Gasteiger partial charge in [0.2, 0.25) is 0 Å². The molecule has 0 aliphatic rings. The lowest BCUT2D eigenvalue weighted by molar-refractivity contribution is 0.0822. The number of amides is 1. The molecule has 0 aliphatic heterocycles. The average Bonchev–Trinajstić information content (AvgIpc) is 3.20. The molecule has 3 aromatic heterocycles. The predicted octanol–water partition coefficient (Wildman–Crippen LogP) is 3.62. The van der Waals surface area contributed by atoms with Gasteiger partial charge in [0, 0.05) is 37.0 Å². The maximum Gasteiger partial charge on any atom is 0.271 e. The standard InChI is InChI=1S/C24H23ClN8O2/c1-12-19-22(27)29-11-30-23(19)33(31-12)13(2)15-8-17(25)16(9-26)20(21(15)35-5)14-6-7-18(28-10-14)24(34)32(3)4/h6-8,10-11,13H,1-5H3,(H2,27,29,30). The minimum atomic E-state index is -0.387. The number of fused-ring (bicyclic) bond motifs is 1. The number of hydrogen-bond acceptors (Lipinski definition) is 8. The molecule has 0 spiro atoms. The predicted molar refractivity (Wildman–Crippen MR) is 132 cm³/mol. The van der Waals surface area contributed by atoms with Crippen LogP contribution in [0, 0.1) is 18.3 Å². The van der Waals surface area contributed by atoms with Crippen LogP contribution in [0.15, 0.2) is 30.7 Å². The fourth-order valence-corrected chi connectivity index (χ4v) is 4.29. The van der Waals surface area contributed by atoms with E-state index in [1.807, 2.05) is 13.8 Å². The molecule has 2 N–H and O–H groups in total. The van der Waals surface area contributed by atoms with E-state index in [-0.39, 0.29) is 28.2 Å². The van der Waals surface area contributed by atoms with E-state index in [4.69, 9.17) is 22.1 Å². The first-order chi connectivity index (χ1) is 16.7. The molecule has 10 nitrogen and oxygen atoms in total. The summed E-state index contributed by atoms with van der Waals surface area (Å²) in [5.41, 5.74) is 9.57. The molecule has 1 amide bonds.